The fourth-order valence-corrected chi connectivity index (χ4v) is 2.12. The summed E-state index contributed by atoms with van der Waals surface area (Å²) < 4.78 is 5.63. The Morgan fingerprint density at radius 3 is 3.11 bits per heavy atom. The van der Waals surface area contributed by atoms with Crippen molar-refractivity contribution in [2.45, 2.75) is 25.4 Å². The standard InChI is InChI=1S/C12H17N3O3/c1-15(8-9-4-2-3-7-18-9)11-10(12(16)17)5-6-13-14-11/h5-6,9H,2-4,7-8H2,1H3,(H,16,17). The van der Waals surface area contributed by atoms with Crippen molar-refractivity contribution in [3.8, 4) is 0 Å². The number of aromatic carboxylic acids is 1. The van der Waals surface area contributed by atoms with E-state index in [0.29, 0.717) is 12.4 Å². The second-order valence-electron chi connectivity index (χ2n) is 4.44. The number of hydrogen-bond donors (Lipinski definition) is 1. The lowest BCUT2D eigenvalue weighted by Crippen LogP contribution is -2.34. The Kier molecular flexibility index (Phi) is 4.09. The van der Waals surface area contributed by atoms with E-state index in [2.05, 4.69) is 10.2 Å². The van der Waals surface area contributed by atoms with Gasteiger partial charge in [0.25, 0.3) is 0 Å². The van der Waals surface area contributed by atoms with Gasteiger partial charge in [-0.2, -0.15) is 5.10 Å². The maximum absolute atomic E-state index is 11.1. The molecule has 6 heteroatoms. The molecule has 0 spiro atoms. The van der Waals surface area contributed by atoms with Gasteiger partial charge in [0.05, 0.1) is 12.3 Å². The van der Waals surface area contributed by atoms with Crippen LogP contribution in [0.25, 0.3) is 0 Å². The van der Waals surface area contributed by atoms with Crippen LogP contribution in [0.2, 0.25) is 0 Å². The lowest BCUT2D eigenvalue weighted by molar-refractivity contribution is 0.0214. The number of hydrogen-bond acceptors (Lipinski definition) is 5. The molecule has 98 valence electrons. The Balaban J connectivity index is 2.08. The van der Waals surface area contributed by atoms with Gasteiger partial charge in [0.1, 0.15) is 5.56 Å². The minimum atomic E-state index is -0.990. The first-order valence-electron chi connectivity index (χ1n) is 6.06. The second kappa shape index (κ2) is 5.77. The van der Waals surface area contributed by atoms with Gasteiger partial charge in [-0.1, -0.05) is 0 Å². The van der Waals surface area contributed by atoms with E-state index in [-0.39, 0.29) is 11.7 Å². The van der Waals surface area contributed by atoms with Crippen LogP contribution in [0.4, 0.5) is 5.82 Å². The molecule has 0 aliphatic carbocycles. The highest BCUT2D eigenvalue weighted by Gasteiger charge is 2.20. The minimum Gasteiger partial charge on any atom is -0.478 e. The third kappa shape index (κ3) is 2.95. The molecule has 0 saturated carbocycles. The summed E-state index contributed by atoms with van der Waals surface area (Å²) in [4.78, 5) is 12.9. The number of carboxylic acid groups (broad SMARTS) is 1. The largest absolute Gasteiger partial charge is 0.478 e. The highest BCUT2D eigenvalue weighted by atomic mass is 16.5. The summed E-state index contributed by atoms with van der Waals surface area (Å²) in [5, 5.41) is 16.7. The summed E-state index contributed by atoms with van der Waals surface area (Å²) in [6.07, 6.45) is 4.80. The van der Waals surface area contributed by atoms with Gasteiger partial charge < -0.3 is 14.7 Å². The third-order valence-corrected chi connectivity index (χ3v) is 3.04. The number of likely N-dealkylation sites (N-methyl/N-ethyl adjacent to an activating group) is 1. The van der Waals surface area contributed by atoms with Crippen LogP contribution in [-0.4, -0.2) is 47.6 Å². The molecular weight excluding hydrogens is 234 g/mol. The fourth-order valence-electron chi connectivity index (χ4n) is 2.12. The zero-order chi connectivity index (χ0) is 13.0. The van der Waals surface area contributed by atoms with Crippen molar-refractivity contribution >= 4 is 11.8 Å². The molecule has 1 saturated heterocycles. The number of nitrogens with zero attached hydrogens (tertiary/aromatic N) is 3. The predicted octanol–water partition coefficient (Wildman–Crippen LogP) is 1.18. The molecule has 18 heavy (non-hydrogen) atoms. The van der Waals surface area contributed by atoms with Crippen LogP contribution in [0.15, 0.2) is 12.3 Å². The van der Waals surface area contributed by atoms with E-state index in [0.717, 1.165) is 25.9 Å². The molecule has 1 fully saturated rings. The Morgan fingerprint density at radius 2 is 2.44 bits per heavy atom. The number of aromatic nitrogens is 2. The fraction of sp³-hybridized carbons (Fsp3) is 0.583. The summed E-state index contributed by atoms with van der Waals surface area (Å²) in [5.74, 6) is -0.601. The Morgan fingerprint density at radius 1 is 1.61 bits per heavy atom. The lowest BCUT2D eigenvalue weighted by Gasteiger charge is -2.28. The second-order valence-corrected chi connectivity index (χ2v) is 4.44. The number of carboxylic acids is 1. The first-order valence-corrected chi connectivity index (χ1v) is 6.06. The monoisotopic (exact) mass is 251 g/mol. The smallest absolute Gasteiger partial charge is 0.339 e. The van der Waals surface area contributed by atoms with Crippen LogP contribution < -0.4 is 4.90 Å². The number of anilines is 1. The highest BCUT2D eigenvalue weighted by Crippen LogP contribution is 2.18. The number of rotatable bonds is 4. The molecule has 0 radical (unpaired) electrons. The van der Waals surface area contributed by atoms with E-state index in [1.165, 1.54) is 12.3 Å². The van der Waals surface area contributed by atoms with Crippen molar-refractivity contribution in [2.24, 2.45) is 0 Å². The van der Waals surface area contributed by atoms with E-state index in [9.17, 15) is 4.79 Å². The molecule has 6 nitrogen and oxygen atoms in total. The quantitative estimate of drug-likeness (QED) is 0.866. The average molecular weight is 251 g/mol. The Labute approximate surface area is 106 Å². The molecule has 1 aromatic rings. The molecule has 1 aromatic heterocycles. The summed E-state index contributed by atoms with van der Waals surface area (Å²) in [5.41, 5.74) is 0.170. The van der Waals surface area contributed by atoms with Gasteiger partial charge in [0, 0.05) is 20.2 Å². The lowest BCUT2D eigenvalue weighted by atomic mass is 10.1. The normalized spacial score (nSPS) is 19.5. The van der Waals surface area contributed by atoms with Gasteiger partial charge in [0.15, 0.2) is 5.82 Å². The SMILES string of the molecule is CN(CC1CCCCO1)c1nnccc1C(=O)O. The zero-order valence-corrected chi connectivity index (χ0v) is 10.4. The van der Waals surface area contributed by atoms with Crippen molar-refractivity contribution in [1.29, 1.82) is 0 Å². The minimum absolute atomic E-state index is 0.146. The predicted molar refractivity (Wildman–Crippen MR) is 65.9 cm³/mol. The maximum atomic E-state index is 11.1. The van der Waals surface area contributed by atoms with E-state index < -0.39 is 5.97 Å². The number of carbonyl (C=O) groups is 1. The van der Waals surface area contributed by atoms with E-state index in [1.807, 2.05) is 7.05 Å². The van der Waals surface area contributed by atoms with Crippen LogP contribution in [-0.2, 0) is 4.74 Å². The highest BCUT2D eigenvalue weighted by molar-refractivity contribution is 5.93. The molecule has 1 aliphatic heterocycles. The molecule has 1 unspecified atom stereocenters. The van der Waals surface area contributed by atoms with Gasteiger partial charge in [-0.15, -0.1) is 5.10 Å². The van der Waals surface area contributed by atoms with Gasteiger partial charge in [-0.3, -0.25) is 0 Å². The summed E-state index contributed by atoms with van der Waals surface area (Å²) in [6, 6.07) is 1.46. The van der Waals surface area contributed by atoms with Crippen molar-refractivity contribution < 1.29 is 14.6 Å². The zero-order valence-electron chi connectivity index (χ0n) is 10.4. The van der Waals surface area contributed by atoms with Crippen molar-refractivity contribution in [3.63, 3.8) is 0 Å². The number of ether oxygens (including phenoxy) is 1. The van der Waals surface area contributed by atoms with Gasteiger partial charge in [-0.05, 0) is 25.3 Å². The molecule has 1 N–H and O–H groups in total. The molecule has 1 atom stereocenters. The molecule has 2 heterocycles. The van der Waals surface area contributed by atoms with Crippen LogP contribution >= 0.6 is 0 Å². The van der Waals surface area contributed by atoms with Crippen LogP contribution in [0.1, 0.15) is 29.6 Å². The first-order chi connectivity index (χ1) is 8.68. The third-order valence-electron chi connectivity index (χ3n) is 3.04. The molecule has 0 bridgehead atoms. The van der Waals surface area contributed by atoms with Gasteiger partial charge in [0.2, 0.25) is 0 Å². The molecule has 1 aliphatic rings. The molecule has 2 rings (SSSR count). The molecule has 0 aromatic carbocycles. The van der Waals surface area contributed by atoms with E-state index >= 15 is 0 Å². The Bertz CT molecular complexity index is 419. The van der Waals surface area contributed by atoms with E-state index in [1.54, 1.807) is 4.90 Å². The topological polar surface area (TPSA) is 75.5 Å². The molecular formula is C12H17N3O3. The average Bonchev–Trinajstić information content (AvgIpc) is 2.40. The Hall–Kier alpha value is -1.69. The summed E-state index contributed by atoms with van der Waals surface area (Å²) in [7, 11) is 1.81. The maximum Gasteiger partial charge on any atom is 0.339 e. The molecule has 0 amide bonds. The van der Waals surface area contributed by atoms with Crippen LogP contribution in [0, 0.1) is 0 Å². The van der Waals surface area contributed by atoms with Crippen LogP contribution in [0.5, 0.6) is 0 Å². The summed E-state index contributed by atoms with van der Waals surface area (Å²) >= 11 is 0. The van der Waals surface area contributed by atoms with E-state index in [4.69, 9.17) is 9.84 Å². The van der Waals surface area contributed by atoms with Crippen LogP contribution in [0.3, 0.4) is 0 Å². The van der Waals surface area contributed by atoms with Crippen molar-refractivity contribution in [1.82, 2.24) is 10.2 Å². The van der Waals surface area contributed by atoms with Crippen molar-refractivity contribution in [3.05, 3.63) is 17.8 Å². The van der Waals surface area contributed by atoms with Gasteiger partial charge >= 0.3 is 5.97 Å². The summed E-state index contributed by atoms with van der Waals surface area (Å²) in [6.45, 7) is 1.42. The van der Waals surface area contributed by atoms with Gasteiger partial charge in [-0.25, -0.2) is 4.79 Å². The first kappa shape index (κ1) is 12.8. The van der Waals surface area contributed by atoms with Crippen molar-refractivity contribution in [2.75, 3.05) is 25.1 Å².